The van der Waals surface area contributed by atoms with Gasteiger partial charge in [0.25, 0.3) is 0 Å². The van der Waals surface area contributed by atoms with Crippen molar-refractivity contribution in [2.75, 3.05) is 6.54 Å². The van der Waals surface area contributed by atoms with E-state index in [4.69, 9.17) is 5.11 Å². The van der Waals surface area contributed by atoms with Crippen LogP contribution in [0.15, 0.2) is 11.6 Å². The molecule has 0 radical (unpaired) electrons. The van der Waals surface area contributed by atoms with Gasteiger partial charge < -0.3 is 10.4 Å². The third-order valence-electron chi connectivity index (χ3n) is 2.63. The number of aliphatic carboxylic acids is 1. The molecule has 0 spiro atoms. The molecule has 0 rings (SSSR count). The minimum Gasteiger partial charge on any atom is -0.478 e. The normalized spacial score (nSPS) is 14.3. The molecule has 0 bridgehead atoms. The Hall–Kier alpha value is -0.830. The second-order valence-electron chi connectivity index (χ2n) is 4.06. The van der Waals surface area contributed by atoms with Gasteiger partial charge in [0.05, 0.1) is 0 Å². The van der Waals surface area contributed by atoms with Gasteiger partial charge in [-0.15, -0.1) is 0 Å². The largest absolute Gasteiger partial charge is 0.478 e. The Labute approximate surface area is 92.6 Å². The fraction of sp³-hybridized carbons (Fsp3) is 0.750. The lowest BCUT2D eigenvalue weighted by atomic mass is 10.0. The van der Waals surface area contributed by atoms with Gasteiger partial charge in [0, 0.05) is 18.2 Å². The monoisotopic (exact) mass is 213 g/mol. The predicted octanol–water partition coefficient (Wildman–Crippen LogP) is 2.43. The van der Waals surface area contributed by atoms with Crippen molar-refractivity contribution in [1.82, 2.24) is 5.32 Å². The second-order valence-corrected chi connectivity index (χ2v) is 4.06. The van der Waals surface area contributed by atoms with E-state index < -0.39 is 5.97 Å². The molecule has 0 heterocycles. The Balaban J connectivity index is 4.09. The van der Waals surface area contributed by atoms with Crippen LogP contribution in [0.3, 0.4) is 0 Å². The minimum absolute atomic E-state index is 0.466. The summed E-state index contributed by atoms with van der Waals surface area (Å²) in [5, 5.41) is 12.2. The van der Waals surface area contributed by atoms with Crippen molar-refractivity contribution < 1.29 is 9.90 Å². The molecule has 0 aromatic rings. The molecule has 0 aliphatic rings. The number of hydrogen-bond acceptors (Lipinski definition) is 2. The van der Waals surface area contributed by atoms with E-state index in [0.29, 0.717) is 30.5 Å². The van der Waals surface area contributed by atoms with Gasteiger partial charge in [-0.2, -0.15) is 0 Å². The zero-order valence-electron chi connectivity index (χ0n) is 10.2. The van der Waals surface area contributed by atoms with E-state index in [1.807, 2.05) is 6.92 Å². The van der Waals surface area contributed by atoms with E-state index in [9.17, 15) is 4.79 Å². The zero-order chi connectivity index (χ0) is 11.8. The van der Waals surface area contributed by atoms with E-state index >= 15 is 0 Å². The molecular formula is C12H23NO2. The third-order valence-corrected chi connectivity index (χ3v) is 2.63. The molecule has 0 aliphatic carbocycles. The summed E-state index contributed by atoms with van der Waals surface area (Å²) in [6.45, 7) is 8.98. The highest BCUT2D eigenvalue weighted by Gasteiger charge is 2.09. The van der Waals surface area contributed by atoms with Crippen LogP contribution in [0, 0.1) is 5.92 Å². The van der Waals surface area contributed by atoms with Crippen molar-refractivity contribution in [3.05, 3.63) is 11.6 Å². The summed E-state index contributed by atoms with van der Waals surface area (Å²) in [5.41, 5.74) is 0.487. The quantitative estimate of drug-likeness (QED) is 0.639. The van der Waals surface area contributed by atoms with Gasteiger partial charge in [-0.1, -0.05) is 33.8 Å². The topological polar surface area (TPSA) is 49.3 Å². The maximum absolute atomic E-state index is 10.7. The fourth-order valence-electron chi connectivity index (χ4n) is 1.57. The molecule has 15 heavy (non-hydrogen) atoms. The third kappa shape index (κ3) is 5.57. The lowest BCUT2D eigenvalue weighted by molar-refractivity contribution is -0.132. The molecule has 0 saturated heterocycles. The maximum atomic E-state index is 10.7. The molecular weight excluding hydrogens is 190 g/mol. The Morgan fingerprint density at radius 1 is 1.40 bits per heavy atom. The SMILES string of the molecule is CC/C(=C/CNC(CC)C(C)C)C(=O)O. The van der Waals surface area contributed by atoms with Gasteiger partial charge in [0.15, 0.2) is 0 Å². The van der Waals surface area contributed by atoms with Crippen LogP contribution < -0.4 is 5.32 Å². The van der Waals surface area contributed by atoms with E-state index in [1.165, 1.54) is 0 Å². The number of carboxylic acid groups (broad SMARTS) is 1. The lowest BCUT2D eigenvalue weighted by Crippen LogP contribution is -2.33. The molecule has 0 saturated carbocycles. The summed E-state index contributed by atoms with van der Waals surface area (Å²) in [6, 6.07) is 0.466. The van der Waals surface area contributed by atoms with Crippen LogP contribution in [-0.4, -0.2) is 23.7 Å². The average Bonchev–Trinajstić information content (AvgIpc) is 2.17. The van der Waals surface area contributed by atoms with Gasteiger partial charge in [-0.3, -0.25) is 0 Å². The highest BCUT2D eigenvalue weighted by molar-refractivity contribution is 5.86. The Kier molecular flexibility index (Phi) is 7.05. The van der Waals surface area contributed by atoms with E-state index in [-0.39, 0.29) is 0 Å². The molecule has 0 aliphatic heterocycles. The first-order valence-electron chi connectivity index (χ1n) is 5.68. The number of nitrogens with one attached hydrogen (secondary N) is 1. The summed E-state index contributed by atoms with van der Waals surface area (Å²) in [4.78, 5) is 10.7. The fourth-order valence-corrected chi connectivity index (χ4v) is 1.57. The van der Waals surface area contributed by atoms with Crippen molar-refractivity contribution >= 4 is 5.97 Å². The van der Waals surface area contributed by atoms with Gasteiger partial charge in [-0.25, -0.2) is 4.79 Å². The minimum atomic E-state index is -0.808. The molecule has 88 valence electrons. The summed E-state index contributed by atoms with van der Waals surface area (Å²) in [6.07, 6.45) is 3.42. The van der Waals surface area contributed by atoms with Gasteiger partial charge in [-0.05, 0) is 18.8 Å². The Bertz CT molecular complexity index is 222. The molecule has 3 nitrogen and oxygen atoms in total. The first kappa shape index (κ1) is 14.2. The summed E-state index contributed by atoms with van der Waals surface area (Å²) < 4.78 is 0. The number of rotatable bonds is 7. The summed E-state index contributed by atoms with van der Waals surface area (Å²) in [5.74, 6) is -0.227. The average molecular weight is 213 g/mol. The van der Waals surface area contributed by atoms with Gasteiger partial charge >= 0.3 is 5.97 Å². The van der Waals surface area contributed by atoms with E-state index in [2.05, 4.69) is 26.1 Å². The number of carboxylic acids is 1. The standard InChI is InChI=1S/C12H23NO2/c1-5-10(12(14)15)7-8-13-11(6-2)9(3)4/h7,9,11,13H,5-6,8H2,1-4H3,(H,14,15)/b10-7-. The predicted molar refractivity (Wildman–Crippen MR) is 62.9 cm³/mol. The first-order chi connectivity index (χ1) is 7.02. The number of carbonyl (C=O) groups is 1. The maximum Gasteiger partial charge on any atom is 0.331 e. The van der Waals surface area contributed by atoms with Crippen LogP contribution in [0.2, 0.25) is 0 Å². The number of hydrogen-bond donors (Lipinski definition) is 2. The van der Waals surface area contributed by atoms with Crippen LogP contribution in [0.5, 0.6) is 0 Å². The van der Waals surface area contributed by atoms with Gasteiger partial charge in [0.2, 0.25) is 0 Å². The zero-order valence-corrected chi connectivity index (χ0v) is 10.2. The first-order valence-corrected chi connectivity index (χ1v) is 5.68. The highest BCUT2D eigenvalue weighted by atomic mass is 16.4. The molecule has 1 atom stereocenters. The van der Waals surface area contributed by atoms with Crippen LogP contribution >= 0.6 is 0 Å². The van der Waals surface area contributed by atoms with Crippen molar-refractivity contribution in [3.63, 3.8) is 0 Å². The van der Waals surface area contributed by atoms with E-state index in [1.54, 1.807) is 6.08 Å². The Morgan fingerprint density at radius 3 is 2.33 bits per heavy atom. The molecule has 0 amide bonds. The molecule has 0 aromatic carbocycles. The van der Waals surface area contributed by atoms with Crippen molar-refractivity contribution in [2.24, 2.45) is 5.92 Å². The Morgan fingerprint density at radius 2 is 2.00 bits per heavy atom. The summed E-state index contributed by atoms with van der Waals surface area (Å²) >= 11 is 0. The van der Waals surface area contributed by atoms with Crippen molar-refractivity contribution in [3.8, 4) is 0 Å². The van der Waals surface area contributed by atoms with Crippen LogP contribution in [0.1, 0.15) is 40.5 Å². The van der Waals surface area contributed by atoms with Crippen molar-refractivity contribution in [1.29, 1.82) is 0 Å². The molecule has 1 unspecified atom stereocenters. The molecule has 2 N–H and O–H groups in total. The lowest BCUT2D eigenvalue weighted by Gasteiger charge is -2.19. The second kappa shape index (κ2) is 7.46. The van der Waals surface area contributed by atoms with Crippen LogP contribution in [0.25, 0.3) is 0 Å². The molecule has 0 fully saturated rings. The molecule has 3 heteroatoms. The summed E-state index contributed by atoms with van der Waals surface area (Å²) in [7, 11) is 0. The highest BCUT2D eigenvalue weighted by Crippen LogP contribution is 2.05. The smallest absolute Gasteiger partial charge is 0.331 e. The molecule has 0 aromatic heterocycles. The van der Waals surface area contributed by atoms with Crippen LogP contribution in [-0.2, 0) is 4.79 Å². The van der Waals surface area contributed by atoms with Crippen molar-refractivity contribution in [2.45, 2.75) is 46.6 Å². The van der Waals surface area contributed by atoms with E-state index in [0.717, 1.165) is 6.42 Å². The van der Waals surface area contributed by atoms with Gasteiger partial charge in [0.1, 0.15) is 0 Å². The van der Waals surface area contributed by atoms with Crippen LogP contribution in [0.4, 0.5) is 0 Å².